The van der Waals surface area contributed by atoms with Crippen molar-refractivity contribution in [1.29, 1.82) is 0 Å². The summed E-state index contributed by atoms with van der Waals surface area (Å²) in [6, 6.07) is 6.10. The van der Waals surface area contributed by atoms with E-state index < -0.39 is 0 Å². The summed E-state index contributed by atoms with van der Waals surface area (Å²) in [5.74, 6) is 0.798. The number of anilines is 1. The van der Waals surface area contributed by atoms with E-state index in [1.165, 1.54) is 50.9 Å². The van der Waals surface area contributed by atoms with Crippen molar-refractivity contribution in [3.8, 4) is 5.75 Å². The molecule has 0 radical (unpaired) electrons. The van der Waals surface area contributed by atoms with Crippen molar-refractivity contribution in [2.75, 3.05) is 32.5 Å². The molecule has 0 amide bonds. The summed E-state index contributed by atoms with van der Waals surface area (Å²) in [5, 5.41) is 0. The average Bonchev–Trinajstić information content (AvgIpc) is 2.89. The number of unbranched alkanes of at least 4 members (excludes halogenated alkanes) is 1. The van der Waals surface area contributed by atoms with E-state index >= 15 is 0 Å². The van der Waals surface area contributed by atoms with Gasteiger partial charge in [0.05, 0.1) is 12.8 Å². The highest BCUT2D eigenvalue weighted by atomic mass is 16.5. The second-order valence-corrected chi connectivity index (χ2v) is 5.08. The Bertz CT molecular complexity index is 373. The molecule has 1 aromatic rings. The Balaban J connectivity index is 1.72. The van der Waals surface area contributed by atoms with Crippen LogP contribution in [0.15, 0.2) is 18.2 Å². The van der Waals surface area contributed by atoms with E-state index in [4.69, 9.17) is 10.5 Å². The zero-order chi connectivity index (χ0) is 12.8. The van der Waals surface area contributed by atoms with Gasteiger partial charge in [0.25, 0.3) is 0 Å². The number of rotatable bonds is 6. The lowest BCUT2D eigenvalue weighted by atomic mass is 10.1. The summed E-state index contributed by atoms with van der Waals surface area (Å²) in [4.78, 5) is 2.57. The highest BCUT2D eigenvalue weighted by molar-refractivity contribution is 5.53. The van der Waals surface area contributed by atoms with Gasteiger partial charge < -0.3 is 15.4 Å². The minimum absolute atomic E-state index is 0.721. The number of benzene rings is 1. The lowest BCUT2D eigenvalue weighted by molar-refractivity contribution is 0.330. The molecule has 0 aliphatic carbocycles. The number of methoxy groups -OCH3 is 1. The maximum absolute atomic E-state index is 5.81. The third-order valence-electron chi connectivity index (χ3n) is 3.69. The Labute approximate surface area is 110 Å². The fraction of sp³-hybridized carbons (Fsp3) is 0.600. The first-order valence-electron chi connectivity index (χ1n) is 6.94. The van der Waals surface area contributed by atoms with Gasteiger partial charge in [-0.15, -0.1) is 0 Å². The molecule has 1 aromatic carbocycles. The fourth-order valence-corrected chi connectivity index (χ4v) is 2.58. The number of ether oxygens (including phenoxy) is 1. The Morgan fingerprint density at radius 3 is 2.72 bits per heavy atom. The van der Waals surface area contributed by atoms with Crippen LogP contribution in [0.1, 0.15) is 31.2 Å². The van der Waals surface area contributed by atoms with Crippen LogP contribution in [0.25, 0.3) is 0 Å². The van der Waals surface area contributed by atoms with E-state index in [9.17, 15) is 0 Å². The second kappa shape index (κ2) is 6.64. The van der Waals surface area contributed by atoms with Crippen LogP contribution >= 0.6 is 0 Å². The van der Waals surface area contributed by atoms with Crippen LogP contribution < -0.4 is 10.5 Å². The molecule has 0 aromatic heterocycles. The van der Waals surface area contributed by atoms with Crippen molar-refractivity contribution in [2.24, 2.45) is 0 Å². The molecule has 0 atom stereocenters. The van der Waals surface area contributed by atoms with Crippen molar-refractivity contribution in [2.45, 2.75) is 32.1 Å². The van der Waals surface area contributed by atoms with Crippen LogP contribution in [0.3, 0.4) is 0 Å². The molecule has 1 aliphatic heterocycles. The van der Waals surface area contributed by atoms with Crippen LogP contribution in [-0.2, 0) is 6.42 Å². The predicted octanol–water partition coefficient (Wildman–Crippen LogP) is 2.70. The first-order chi connectivity index (χ1) is 8.79. The molecule has 1 saturated heterocycles. The van der Waals surface area contributed by atoms with Gasteiger partial charge in [-0.05, 0) is 69.4 Å². The van der Waals surface area contributed by atoms with Crippen molar-refractivity contribution < 1.29 is 4.74 Å². The number of hydrogen-bond donors (Lipinski definition) is 1. The van der Waals surface area contributed by atoms with Gasteiger partial charge in [0.2, 0.25) is 0 Å². The summed E-state index contributed by atoms with van der Waals surface area (Å²) < 4.78 is 5.24. The highest BCUT2D eigenvalue weighted by Gasteiger charge is 2.10. The molecule has 1 aliphatic rings. The van der Waals surface area contributed by atoms with Crippen molar-refractivity contribution in [3.63, 3.8) is 0 Å². The summed E-state index contributed by atoms with van der Waals surface area (Å²) in [6.45, 7) is 3.86. The third-order valence-corrected chi connectivity index (χ3v) is 3.69. The molecule has 2 N–H and O–H groups in total. The van der Waals surface area contributed by atoms with Crippen LogP contribution in [0.2, 0.25) is 0 Å². The minimum atomic E-state index is 0.721. The van der Waals surface area contributed by atoms with E-state index in [0.29, 0.717) is 0 Å². The van der Waals surface area contributed by atoms with Gasteiger partial charge in [0.15, 0.2) is 0 Å². The molecule has 1 heterocycles. The van der Waals surface area contributed by atoms with Crippen LogP contribution in [0.4, 0.5) is 5.69 Å². The lowest BCUT2D eigenvalue weighted by Gasteiger charge is -2.14. The zero-order valence-electron chi connectivity index (χ0n) is 11.3. The van der Waals surface area contributed by atoms with Crippen LogP contribution in [-0.4, -0.2) is 31.6 Å². The second-order valence-electron chi connectivity index (χ2n) is 5.08. The zero-order valence-corrected chi connectivity index (χ0v) is 11.3. The van der Waals surface area contributed by atoms with E-state index in [0.717, 1.165) is 17.9 Å². The fourth-order valence-electron chi connectivity index (χ4n) is 2.58. The number of likely N-dealkylation sites (tertiary alicyclic amines) is 1. The van der Waals surface area contributed by atoms with Gasteiger partial charge in [-0.2, -0.15) is 0 Å². The third kappa shape index (κ3) is 3.64. The summed E-state index contributed by atoms with van der Waals surface area (Å²) in [6.07, 6.45) is 6.41. The van der Waals surface area contributed by atoms with E-state index in [2.05, 4.69) is 17.0 Å². The molecule has 1 fully saturated rings. The lowest BCUT2D eigenvalue weighted by Crippen LogP contribution is -2.20. The average molecular weight is 248 g/mol. The largest absolute Gasteiger partial charge is 0.495 e. The summed E-state index contributed by atoms with van der Waals surface area (Å²) in [7, 11) is 1.67. The van der Waals surface area contributed by atoms with E-state index in [-0.39, 0.29) is 0 Å². The van der Waals surface area contributed by atoms with E-state index in [1.54, 1.807) is 7.11 Å². The normalized spacial score (nSPS) is 16.1. The standard InChI is InChI=1S/C15H24N2O/c1-18-15-12-13(7-8-14(15)16)6-2-3-9-17-10-4-5-11-17/h7-8,12H,2-6,9-11,16H2,1H3. The van der Waals surface area contributed by atoms with Crippen LogP contribution in [0.5, 0.6) is 5.75 Å². The van der Waals surface area contributed by atoms with E-state index in [1.807, 2.05) is 6.07 Å². The van der Waals surface area contributed by atoms with Crippen molar-refractivity contribution in [3.05, 3.63) is 23.8 Å². The van der Waals surface area contributed by atoms with Gasteiger partial charge in [0, 0.05) is 0 Å². The topological polar surface area (TPSA) is 38.5 Å². The van der Waals surface area contributed by atoms with Gasteiger partial charge in [-0.1, -0.05) is 6.07 Å². The predicted molar refractivity (Wildman–Crippen MR) is 76.0 cm³/mol. The SMILES string of the molecule is COc1cc(CCCCN2CCCC2)ccc1N. The molecule has 2 rings (SSSR count). The first-order valence-corrected chi connectivity index (χ1v) is 6.94. The molecule has 0 bridgehead atoms. The molecule has 100 valence electrons. The molecule has 0 spiro atoms. The molecule has 18 heavy (non-hydrogen) atoms. The van der Waals surface area contributed by atoms with Gasteiger partial charge in [-0.3, -0.25) is 0 Å². The number of nitrogens with zero attached hydrogens (tertiary/aromatic N) is 1. The molecule has 3 nitrogen and oxygen atoms in total. The maximum Gasteiger partial charge on any atom is 0.142 e. The Kier molecular flexibility index (Phi) is 4.88. The summed E-state index contributed by atoms with van der Waals surface area (Å²) >= 11 is 0. The highest BCUT2D eigenvalue weighted by Crippen LogP contribution is 2.23. The van der Waals surface area contributed by atoms with Crippen molar-refractivity contribution >= 4 is 5.69 Å². The van der Waals surface area contributed by atoms with Crippen LogP contribution in [0, 0.1) is 0 Å². The molecule has 0 saturated carbocycles. The molecule has 3 heteroatoms. The molecule has 0 unspecified atom stereocenters. The number of hydrogen-bond acceptors (Lipinski definition) is 3. The monoisotopic (exact) mass is 248 g/mol. The molecular weight excluding hydrogens is 224 g/mol. The molecular formula is C15H24N2O. The number of aryl methyl sites for hydroxylation is 1. The smallest absolute Gasteiger partial charge is 0.142 e. The van der Waals surface area contributed by atoms with Gasteiger partial charge in [0.1, 0.15) is 5.75 Å². The van der Waals surface area contributed by atoms with Gasteiger partial charge >= 0.3 is 0 Å². The quantitative estimate of drug-likeness (QED) is 0.621. The Hall–Kier alpha value is -1.22. The Morgan fingerprint density at radius 2 is 2.00 bits per heavy atom. The maximum atomic E-state index is 5.81. The van der Waals surface area contributed by atoms with Crippen molar-refractivity contribution in [1.82, 2.24) is 4.90 Å². The first kappa shape index (κ1) is 13.2. The Morgan fingerprint density at radius 1 is 1.22 bits per heavy atom. The van der Waals surface area contributed by atoms with Gasteiger partial charge in [-0.25, -0.2) is 0 Å². The number of nitrogens with two attached hydrogens (primary N) is 1. The summed E-state index contributed by atoms with van der Waals surface area (Å²) in [5.41, 5.74) is 7.85. The minimum Gasteiger partial charge on any atom is -0.495 e. The number of nitrogen functional groups attached to an aromatic ring is 1.